The van der Waals surface area contributed by atoms with Gasteiger partial charge in [0, 0.05) is 33.1 Å². The standard InChI is InChI=1S/C33H45N5O7S/c1-22-10-11-26(16-27(22)19-38-17-23(2)45-29-8-6-7-9-30(29)46(38,42)43)31(33(4,5)32(40)41)44-21-28-20-37(35-34-28)18-25-12-14-36(15-13-25)24(3)39/h6-11,16,20,23,25,31,42-43H,12-15,17-19,21H2,1-5H3,(H,40,41). The number of benzene rings is 2. The lowest BCUT2D eigenvalue weighted by Gasteiger charge is -2.42. The summed E-state index contributed by atoms with van der Waals surface area (Å²) >= 11 is 0. The van der Waals surface area contributed by atoms with Crippen LogP contribution in [0, 0.1) is 18.3 Å². The number of nitrogens with zero attached hydrogens (tertiary/aromatic N) is 5. The number of fused-ring (bicyclic) bond motifs is 1. The number of hydrogen-bond donors (Lipinski definition) is 3. The average Bonchev–Trinajstić information content (AvgIpc) is 3.42. The van der Waals surface area contributed by atoms with Crippen LogP contribution in [0.15, 0.2) is 53.6 Å². The number of aryl methyl sites for hydroxylation is 1. The maximum absolute atomic E-state index is 12.5. The number of carboxylic acid groups (broad SMARTS) is 1. The molecule has 3 aromatic rings. The summed E-state index contributed by atoms with van der Waals surface area (Å²) in [5.74, 6) is -0.0631. The molecule has 0 saturated carbocycles. The molecule has 12 nitrogen and oxygen atoms in total. The van der Waals surface area contributed by atoms with E-state index < -0.39 is 28.3 Å². The van der Waals surface area contributed by atoms with Crippen LogP contribution in [0.3, 0.4) is 0 Å². The van der Waals surface area contributed by atoms with Gasteiger partial charge in [-0.15, -0.1) is 15.9 Å². The minimum atomic E-state index is -3.36. The monoisotopic (exact) mass is 655 g/mol. The molecule has 250 valence electrons. The molecule has 1 aromatic heterocycles. The summed E-state index contributed by atoms with van der Waals surface area (Å²) in [7, 11) is -3.36. The number of aromatic nitrogens is 3. The first-order valence-electron chi connectivity index (χ1n) is 15.6. The zero-order valence-electron chi connectivity index (χ0n) is 27.1. The molecule has 3 N–H and O–H groups in total. The first-order valence-corrected chi connectivity index (χ1v) is 17.1. The molecule has 0 radical (unpaired) electrons. The Hall–Kier alpha value is -3.49. The smallest absolute Gasteiger partial charge is 0.312 e. The van der Waals surface area contributed by atoms with Crippen LogP contribution < -0.4 is 4.74 Å². The average molecular weight is 656 g/mol. The molecule has 0 aliphatic carbocycles. The van der Waals surface area contributed by atoms with E-state index in [1.54, 1.807) is 54.0 Å². The van der Waals surface area contributed by atoms with Crippen LogP contribution in [0.5, 0.6) is 5.75 Å². The van der Waals surface area contributed by atoms with Crippen molar-refractivity contribution in [3.05, 3.63) is 71.0 Å². The molecule has 2 unspecified atom stereocenters. The molecule has 1 amide bonds. The number of carboxylic acids is 1. The number of piperidine rings is 1. The highest BCUT2D eigenvalue weighted by molar-refractivity contribution is 8.22. The van der Waals surface area contributed by atoms with E-state index in [9.17, 15) is 23.8 Å². The normalized spacial score (nSPS) is 20.3. The second-order valence-corrected chi connectivity index (χ2v) is 15.0. The Morgan fingerprint density at radius 2 is 1.87 bits per heavy atom. The summed E-state index contributed by atoms with van der Waals surface area (Å²) in [6.07, 6.45) is 2.51. The van der Waals surface area contributed by atoms with E-state index in [0.717, 1.165) is 37.1 Å². The highest BCUT2D eigenvalue weighted by Gasteiger charge is 2.40. The van der Waals surface area contributed by atoms with Crippen molar-refractivity contribution >= 4 is 22.7 Å². The maximum Gasteiger partial charge on any atom is 0.312 e. The van der Waals surface area contributed by atoms with E-state index in [0.29, 0.717) is 34.4 Å². The SMILES string of the molecule is CC(=O)N1CCC(Cn2cc(COC(c3ccc(C)c(CN4CC(C)Oc5ccccc5S4(O)O)c3)C(C)(C)C(=O)O)nn2)CC1. The van der Waals surface area contributed by atoms with Crippen LogP contribution in [0.25, 0.3) is 0 Å². The third-order valence-electron chi connectivity index (χ3n) is 9.01. The topological polar surface area (TPSA) is 150 Å². The van der Waals surface area contributed by atoms with Crippen molar-refractivity contribution in [1.82, 2.24) is 24.2 Å². The molecule has 2 aliphatic rings. The Balaban J connectivity index is 1.33. The van der Waals surface area contributed by atoms with Gasteiger partial charge in [0.05, 0.1) is 30.9 Å². The lowest BCUT2D eigenvalue weighted by molar-refractivity contribution is -0.158. The Morgan fingerprint density at radius 3 is 2.57 bits per heavy atom. The first-order chi connectivity index (χ1) is 21.8. The third kappa shape index (κ3) is 7.39. The molecule has 1 saturated heterocycles. The van der Waals surface area contributed by atoms with E-state index in [-0.39, 0.29) is 31.7 Å². The van der Waals surface area contributed by atoms with Gasteiger partial charge < -0.3 is 19.5 Å². The van der Waals surface area contributed by atoms with Crippen molar-refractivity contribution in [2.45, 2.75) is 84.3 Å². The highest BCUT2D eigenvalue weighted by Crippen LogP contribution is 2.57. The third-order valence-corrected chi connectivity index (χ3v) is 10.9. The van der Waals surface area contributed by atoms with Gasteiger partial charge in [0.25, 0.3) is 0 Å². The van der Waals surface area contributed by atoms with Crippen molar-refractivity contribution in [3.63, 3.8) is 0 Å². The maximum atomic E-state index is 12.5. The Kier molecular flexibility index (Phi) is 10.1. The molecule has 1 fully saturated rings. The summed E-state index contributed by atoms with van der Waals surface area (Å²) < 4.78 is 38.6. The number of rotatable bonds is 10. The van der Waals surface area contributed by atoms with E-state index >= 15 is 0 Å². The number of amides is 1. The fourth-order valence-corrected chi connectivity index (χ4v) is 7.78. The molecule has 2 aromatic carbocycles. The van der Waals surface area contributed by atoms with Crippen LogP contribution in [0.4, 0.5) is 0 Å². The molecule has 0 bridgehead atoms. The summed E-state index contributed by atoms with van der Waals surface area (Å²) in [6.45, 7) is 11.4. The molecule has 46 heavy (non-hydrogen) atoms. The second kappa shape index (κ2) is 13.7. The molecule has 5 rings (SSSR count). The summed E-state index contributed by atoms with van der Waals surface area (Å²) in [6, 6.07) is 12.6. The minimum Gasteiger partial charge on any atom is -0.487 e. The van der Waals surface area contributed by atoms with Gasteiger partial charge in [-0.2, -0.15) is 4.31 Å². The molecular weight excluding hydrogens is 610 g/mol. The van der Waals surface area contributed by atoms with Gasteiger partial charge in [0.1, 0.15) is 22.4 Å². The van der Waals surface area contributed by atoms with Crippen molar-refractivity contribution < 1.29 is 33.3 Å². The summed E-state index contributed by atoms with van der Waals surface area (Å²) in [5, 5.41) is 18.8. The zero-order chi connectivity index (χ0) is 33.2. The fourth-order valence-electron chi connectivity index (χ4n) is 6.12. The molecule has 13 heteroatoms. The summed E-state index contributed by atoms with van der Waals surface area (Å²) in [5.41, 5.74) is 1.70. The molecule has 3 heterocycles. The van der Waals surface area contributed by atoms with Crippen LogP contribution in [-0.2, 0) is 34.0 Å². The van der Waals surface area contributed by atoms with E-state index in [1.807, 2.05) is 43.1 Å². The van der Waals surface area contributed by atoms with Crippen LogP contribution >= 0.6 is 10.8 Å². The van der Waals surface area contributed by atoms with Crippen molar-refractivity contribution in [3.8, 4) is 5.75 Å². The number of hydrogen-bond acceptors (Lipinski definition) is 9. The van der Waals surface area contributed by atoms with E-state index in [4.69, 9.17) is 9.47 Å². The Labute approximate surface area is 271 Å². The van der Waals surface area contributed by atoms with Gasteiger partial charge in [-0.25, -0.2) is 0 Å². The van der Waals surface area contributed by atoms with Gasteiger partial charge in [0.15, 0.2) is 0 Å². The van der Waals surface area contributed by atoms with Crippen molar-refractivity contribution in [2.24, 2.45) is 11.3 Å². The second-order valence-electron chi connectivity index (χ2n) is 13.0. The van der Waals surface area contributed by atoms with Gasteiger partial charge in [0.2, 0.25) is 5.91 Å². The number of ether oxygens (including phenoxy) is 2. The van der Waals surface area contributed by atoms with E-state index in [1.165, 1.54) is 0 Å². The van der Waals surface area contributed by atoms with Gasteiger partial charge in [-0.05, 0) is 75.3 Å². The number of carbonyl (C=O) groups excluding carboxylic acids is 1. The quantitative estimate of drug-likeness (QED) is 0.255. The van der Waals surface area contributed by atoms with Crippen molar-refractivity contribution in [1.29, 1.82) is 0 Å². The number of likely N-dealkylation sites (tertiary alicyclic amines) is 1. The minimum absolute atomic E-state index is 0.0612. The van der Waals surface area contributed by atoms with Crippen molar-refractivity contribution in [2.75, 3.05) is 19.6 Å². The summed E-state index contributed by atoms with van der Waals surface area (Å²) in [4.78, 5) is 26.3. The number of carbonyl (C=O) groups is 2. The fraction of sp³-hybridized carbons (Fsp3) is 0.515. The molecule has 2 aliphatic heterocycles. The van der Waals surface area contributed by atoms with Gasteiger partial charge in [-0.1, -0.05) is 35.5 Å². The molecule has 0 spiro atoms. The van der Waals surface area contributed by atoms with Crippen LogP contribution in [-0.4, -0.2) is 76.0 Å². The highest BCUT2D eigenvalue weighted by atomic mass is 32.3. The first kappa shape index (κ1) is 33.9. The molecule has 2 atom stereocenters. The predicted molar refractivity (Wildman–Crippen MR) is 173 cm³/mol. The molecular formula is C33H45N5O7S. The lowest BCUT2D eigenvalue weighted by atomic mass is 9.81. The van der Waals surface area contributed by atoms with Crippen LogP contribution in [0.2, 0.25) is 0 Å². The van der Waals surface area contributed by atoms with Crippen LogP contribution in [0.1, 0.15) is 69.0 Å². The van der Waals surface area contributed by atoms with Gasteiger partial charge >= 0.3 is 5.97 Å². The predicted octanol–water partition coefficient (Wildman–Crippen LogP) is 5.52. The lowest BCUT2D eigenvalue weighted by Crippen LogP contribution is -2.38. The largest absolute Gasteiger partial charge is 0.487 e. The zero-order valence-corrected chi connectivity index (χ0v) is 27.9. The van der Waals surface area contributed by atoms with E-state index in [2.05, 4.69) is 10.3 Å². The number of aliphatic carboxylic acids is 1. The Morgan fingerprint density at radius 1 is 1.15 bits per heavy atom. The number of para-hydroxylation sites is 1. The van der Waals surface area contributed by atoms with Gasteiger partial charge in [-0.3, -0.25) is 23.4 Å². The Bertz CT molecular complexity index is 1550.